The van der Waals surface area contributed by atoms with Crippen molar-refractivity contribution in [2.45, 2.75) is 19.4 Å². The van der Waals surface area contributed by atoms with Crippen LogP contribution in [-0.2, 0) is 4.79 Å². The van der Waals surface area contributed by atoms with Crippen molar-refractivity contribution in [3.8, 4) is 5.75 Å². The maximum atomic E-state index is 13.2. The third-order valence-electron chi connectivity index (χ3n) is 6.03. The molecule has 174 valence electrons. The SMILES string of the molecule is Cc1cc(=O)oc2cc(OCC(=O)N3N=C(c4cc5ccccc5o4)CC3c3ccco3)ccc12. The molecule has 0 saturated heterocycles. The fraction of sp³-hybridized carbons (Fsp3) is 0.148. The molecule has 1 aliphatic rings. The van der Waals surface area contributed by atoms with Crippen molar-refractivity contribution < 1.29 is 22.8 Å². The topological polar surface area (TPSA) is 98.4 Å². The van der Waals surface area contributed by atoms with Gasteiger partial charge in [0.15, 0.2) is 12.4 Å². The van der Waals surface area contributed by atoms with Crippen molar-refractivity contribution in [3.05, 3.63) is 100 Å². The number of benzene rings is 2. The fourth-order valence-electron chi connectivity index (χ4n) is 4.32. The first kappa shape index (κ1) is 21.0. The van der Waals surface area contributed by atoms with Crippen LogP contribution in [0.4, 0.5) is 0 Å². The number of para-hydroxylation sites is 1. The second-order valence-corrected chi connectivity index (χ2v) is 8.36. The van der Waals surface area contributed by atoms with Crippen molar-refractivity contribution in [2.24, 2.45) is 5.10 Å². The van der Waals surface area contributed by atoms with E-state index >= 15 is 0 Å². The van der Waals surface area contributed by atoms with Gasteiger partial charge in [-0.2, -0.15) is 5.10 Å². The van der Waals surface area contributed by atoms with E-state index in [0.717, 1.165) is 21.9 Å². The van der Waals surface area contributed by atoms with Gasteiger partial charge in [0.05, 0.1) is 6.26 Å². The Hall–Kier alpha value is -4.59. The molecule has 1 unspecified atom stereocenters. The molecule has 0 saturated carbocycles. The Balaban J connectivity index is 1.26. The number of hydrogen-bond donors (Lipinski definition) is 0. The zero-order valence-electron chi connectivity index (χ0n) is 18.8. The van der Waals surface area contributed by atoms with E-state index in [-0.39, 0.29) is 12.5 Å². The molecular weight excluding hydrogens is 448 g/mol. The summed E-state index contributed by atoms with van der Waals surface area (Å²) in [4.78, 5) is 24.9. The molecule has 0 fully saturated rings. The van der Waals surface area contributed by atoms with Crippen LogP contribution in [0.2, 0.25) is 0 Å². The van der Waals surface area contributed by atoms with Gasteiger partial charge in [0.25, 0.3) is 5.91 Å². The monoisotopic (exact) mass is 468 g/mol. The number of nitrogens with zero attached hydrogens (tertiary/aromatic N) is 2. The van der Waals surface area contributed by atoms with Crippen molar-refractivity contribution >= 4 is 33.6 Å². The number of fused-ring (bicyclic) bond motifs is 2. The normalized spacial score (nSPS) is 15.6. The summed E-state index contributed by atoms with van der Waals surface area (Å²) in [5, 5.41) is 7.73. The second kappa shape index (κ2) is 8.32. The minimum Gasteiger partial charge on any atom is -0.484 e. The van der Waals surface area contributed by atoms with Gasteiger partial charge in [-0.05, 0) is 48.9 Å². The molecule has 35 heavy (non-hydrogen) atoms. The third-order valence-corrected chi connectivity index (χ3v) is 6.03. The van der Waals surface area contributed by atoms with Crippen LogP contribution >= 0.6 is 0 Å². The van der Waals surface area contributed by atoms with Crippen LogP contribution in [0.1, 0.15) is 29.5 Å². The zero-order chi connectivity index (χ0) is 23.9. The van der Waals surface area contributed by atoms with Gasteiger partial charge in [0.1, 0.15) is 34.4 Å². The number of carbonyl (C=O) groups is 1. The molecular formula is C27H20N2O6. The lowest BCUT2D eigenvalue weighted by atomic mass is 10.1. The average Bonchev–Trinajstić information content (AvgIpc) is 3.61. The number of carbonyl (C=O) groups excluding carboxylic acids is 1. The standard InChI is InChI=1S/C27H20N2O6/c1-16-11-27(31)35-24-13-18(8-9-19(16)24)33-15-26(30)29-21(23-7-4-10-32-23)14-20(28-29)25-12-17-5-2-3-6-22(17)34-25/h2-13,21H,14-15H2,1H3. The summed E-state index contributed by atoms with van der Waals surface area (Å²) in [5.74, 6) is 1.30. The van der Waals surface area contributed by atoms with Crippen LogP contribution in [0, 0.1) is 6.92 Å². The summed E-state index contributed by atoms with van der Waals surface area (Å²) in [7, 11) is 0. The quantitative estimate of drug-likeness (QED) is 0.329. The summed E-state index contributed by atoms with van der Waals surface area (Å²) >= 11 is 0. The lowest BCUT2D eigenvalue weighted by molar-refractivity contribution is -0.135. The highest BCUT2D eigenvalue weighted by Gasteiger charge is 2.36. The maximum absolute atomic E-state index is 13.2. The zero-order valence-corrected chi connectivity index (χ0v) is 18.8. The van der Waals surface area contributed by atoms with E-state index in [1.165, 1.54) is 11.1 Å². The molecule has 0 spiro atoms. The molecule has 0 radical (unpaired) electrons. The molecule has 8 heteroatoms. The van der Waals surface area contributed by atoms with Gasteiger partial charge in [-0.3, -0.25) is 4.79 Å². The van der Waals surface area contributed by atoms with Crippen molar-refractivity contribution in [1.82, 2.24) is 5.01 Å². The average molecular weight is 468 g/mol. The number of furan rings is 2. The Morgan fingerprint density at radius 2 is 1.94 bits per heavy atom. The van der Waals surface area contributed by atoms with Gasteiger partial charge >= 0.3 is 5.63 Å². The van der Waals surface area contributed by atoms with E-state index in [9.17, 15) is 9.59 Å². The van der Waals surface area contributed by atoms with E-state index in [0.29, 0.717) is 35.0 Å². The molecule has 5 aromatic rings. The lowest BCUT2D eigenvalue weighted by Gasteiger charge is -2.20. The smallest absolute Gasteiger partial charge is 0.336 e. The van der Waals surface area contributed by atoms with Crippen molar-refractivity contribution in [2.75, 3.05) is 6.61 Å². The van der Waals surface area contributed by atoms with E-state index in [4.69, 9.17) is 18.0 Å². The van der Waals surface area contributed by atoms with Crippen LogP contribution in [0.25, 0.3) is 21.9 Å². The summed E-state index contributed by atoms with van der Waals surface area (Å²) < 4.78 is 22.6. The first-order valence-electron chi connectivity index (χ1n) is 11.1. The van der Waals surface area contributed by atoms with E-state index < -0.39 is 11.7 Å². The van der Waals surface area contributed by atoms with Crippen molar-refractivity contribution in [1.29, 1.82) is 0 Å². The summed E-state index contributed by atoms with van der Waals surface area (Å²) in [5.41, 5.74) is 2.18. The van der Waals surface area contributed by atoms with Gasteiger partial charge in [-0.15, -0.1) is 0 Å². The Morgan fingerprint density at radius 1 is 1.06 bits per heavy atom. The summed E-state index contributed by atoms with van der Waals surface area (Å²) in [6.07, 6.45) is 2.01. The molecule has 1 amide bonds. The van der Waals surface area contributed by atoms with Crippen LogP contribution in [0.3, 0.4) is 0 Å². The van der Waals surface area contributed by atoms with Gasteiger partial charge in [0.2, 0.25) is 0 Å². The first-order chi connectivity index (χ1) is 17.0. The molecule has 4 heterocycles. The number of aryl methyl sites for hydroxylation is 1. The number of amides is 1. The molecule has 1 atom stereocenters. The van der Waals surface area contributed by atoms with E-state index in [1.807, 2.05) is 43.3 Å². The fourth-order valence-corrected chi connectivity index (χ4v) is 4.32. The maximum Gasteiger partial charge on any atom is 0.336 e. The summed E-state index contributed by atoms with van der Waals surface area (Å²) in [6, 6.07) is 19.4. The van der Waals surface area contributed by atoms with Crippen LogP contribution in [-0.4, -0.2) is 23.2 Å². The molecule has 6 rings (SSSR count). The van der Waals surface area contributed by atoms with Crippen LogP contribution < -0.4 is 10.4 Å². The molecule has 0 N–H and O–H groups in total. The number of hydrogen-bond acceptors (Lipinski definition) is 7. The highest BCUT2D eigenvalue weighted by atomic mass is 16.5. The highest BCUT2D eigenvalue weighted by Crippen LogP contribution is 2.34. The van der Waals surface area contributed by atoms with Crippen LogP contribution in [0.5, 0.6) is 5.75 Å². The van der Waals surface area contributed by atoms with Gasteiger partial charge in [-0.25, -0.2) is 9.80 Å². The first-order valence-corrected chi connectivity index (χ1v) is 11.1. The van der Waals surface area contributed by atoms with Gasteiger partial charge in [0, 0.05) is 29.3 Å². The minimum absolute atomic E-state index is 0.254. The molecule has 0 bridgehead atoms. The summed E-state index contributed by atoms with van der Waals surface area (Å²) in [6.45, 7) is 1.58. The second-order valence-electron chi connectivity index (χ2n) is 8.36. The highest BCUT2D eigenvalue weighted by molar-refractivity contribution is 6.03. The van der Waals surface area contributed by atoms with Crippen molar-refractivity contribution in [3.63, 3.8) is 0 Å². The Kier molecular flexibility index (Phi) is 4.99. The van der Waals surface area contributed by atoms with E-state index in [1.54, 1.807) is 30.5 Å². The largest absolute Gasteiger partial charge is 0.484 e. The molecule has 1 aliphatic heterocycles. The molecule has 2 aromatic carbocycles. The van der Waals surface area contributed by atoms with Gasteiger partial charge in [-0.1, -0.05) is 18.2 Å². The van der Waals surface area contributed by atoms with E-state index in [2.05, 4.69) is 5.10 Å². The Labute approximate surface area is 199 Å². The predicted molar refractivity (Wildman–Crippen MR) is 128 cm³/mol. The number of hydrazone groups is 1. The molecule has 0 aliphatic carbocycles. The number of rotatable bonds is 5. The Bertz CT molecular complexity index is 1610. The van der Waals surface area contributed by atoms with Crippen LogP contribution in [0.15, 0.2) is 96.1 Å². The molecule has 3 aromatic heterocycles. The lowest BCUT2D eigenvalue weighted by Crippen LogP contribution is -2.31. The van der Waals surface area contributed by atoms with Gasteiger partial charge < -0.3 is 18.0 Å². The molecule has 8 nitrogen and oxygen atoms in total. The minimum atomic E-state index is -0.436. The third kappa shape index (κ3) is 3.89. The Morgan fingerprint density at radius 3 is 2.77 bits per heavy atom. The predicted octanol–water partition coefficient (Wildman–Crippen LogP) is 5.20. The number of ether oxygens (including phenoxy) is 1.